The lowest BCUT2D eigenvalue weighted by atomic mass is 10.1. The van der Waals surface area contributed by atoms with Crippen LogP contribution in [-0.2, 0) is 26.2 Å². The van der Waals surface area contributed by atoms with Gasteiger partial charge < -0.3 is 10.2 Å². The molecule has 0 spiro atoms. The average Bonchev–Trinajstić information content (AvgIpc) is 3.05. The second-order valence-corrected chi connectivity index (χ2v) is 12.2. The normalized spacial score (nSPS) is 15.0. The van der Waals surface area contributed by atoms with E-state index in [-0.39, 0.29) is 48.5 Å². The van der Waals surface area contributed by atoms with Crippen LogP contribution < -0.4 is 9.62 Å². The van der Waals surface area contributed by atoms with Crippen LogP contribution in [0.25, 0.3) is 10.8 Å². The molecule has 0 saturated carbocycles. The van der Waals surface area contributed by atoms with E-state index >= 15 is 0 Å². The summed E-state index contributed by atoms with van der Waals surface area (Å²) in [5.74, 6) is -0.969. The fourth-order valence-corrected chi connectivity index (χ4v) is 6.31. The van der Waals surface area contributed by atoms with Crippen molar-refractivity contribution in [1.29, 1.82) is 0 Å². The van der Waals surface area contributed by atoms with E-state index in [1.165, 1.54) is 21.3 Å². The lowest BCUT2D eigenvalue weighted by Gasteiger charge is -2.31. The van der Waals surface area contributed by atoms with E-state index in [1.54, 1.807) is 37.3 Å². The van der Waals surface area contributed by atoms with Crippen LogP contribution in [0.5, 0.6) is 0 Å². The van der Waals surface area contributed by atoms with E-state index in [2.05, 4.69) is 5.32 Å². The number of carbonyl (C=O) groups excluding carboxylic acids is 2. The molecule has 0 aliphatic carbocycles. The number of hydrogen-bond acceptors (Lipinski definition) is 4. The first-order valence-corrected chi connectivity index (χ1v) is 13.7. The molecule has 1 heterocycles. The van der Waals surface area contributed by atoms with E-state index in [0.29, 0.717) is 16.6 Å². The minimum atomic E-state index is -3.71. The predicted octanol–water partition coefficient (Wildman–Crippen LogP) is 4.60. The number of nitrogens with zero attached hydrogens (tertiary/aromatic N) is 2. The first-order valence-electron chi connectivity index (χ1n) is 12.3. The number of nitrogens with one attached hydrogen (secondary N) is 1. The molecule has 0 aromatic heterocycles. The highest BCUT2D eigenvalue weighted by atomic mass is 32.2. The van der Waals surface area contributed by atoms with Gasteiger partial charge in [0.2, 0.25) is 11.8 Å². The van der Waals surface area contributed by atoms with E-state index in [9.17, 15) is 22.4 Å². The van der Waals surface area contributed by atoms with Crippen LogP contribution in [-0.4, -0.2) is 43.3 Å². The maximum absolute atomic E-state index is 13.4. The van der Waals surface area contributed by atoms with Gasteiger partial charge >= 0.3 is 0 Å². The molecule has 1 aliphatic heterocycles. The van der Waals surface area contributed by atoms with Gasteiger partial charge in [-0.3, -0.25) is 13.9 Å². The Morgan fingerprint density at radius 2 is 1.68 bits per heavy atom. The van der Waals surface area contributed by atoms with Crippen molar-refractivity contribution < 1.29 is 22.4 Å². The highest BCUT2D eigenvalue weighted by molar-refractivity contribution is 7.93. The molecule has 0 saturated heterocycles. The number of halogens is 1. The third-order valence-corrected chi connectivity index (χ3v) is 8.22. The number of benzene rings is 3. The van der Waals surface area contributed by atoms with Gasteiger partial charge in [0.05, 0.1) is 10.6 Å². The van der Waals surface area contributed by atoms with Gasteiger partial charge in [0.15, 0.2) is 0 Å². The summed E-state index contributed by atoms with van der Waals surface area (Å²) in [5.41, 5.74) is 0.826. The minimum absolute atomic E-state index is 0.0483. The summed E-state index contributed by atoms with van der Waals surface area (Å²) >= 11 is 0. The quantitative estimate of drug-likeness (QED) is 0.466. The standard InChI is InChI=1S/C28H32FN3O4S/c1-19(27(34)30-28(2,3)4)31(18-20-13-15-22(29)16-14-20)25(33)12-7-17-32-23-10-5-8-21-9-6-11-24(26(21)23)37(32,35)36/h5-6,8-11,13-16,19H,7,12,17-18H2,1-4H3,(H,30,34)/t19-/m0/s1. The number of sulfonamides is 1. The van der Waals surface area contributed by atoms with E-state index < -0.39 is 21.6 Å². The Morgan fingerprint density at radius 3 is 2.32 bits per heavy atom. The molecular weight excluding hydrogens is 493 g/mol. The second kappa shape index (κ2) is 10.1. The van der Waals surface area contributed by atoms with E-state index in [0.717, 1.165) is 5.39 Å². The Balaban J connectivity index is 1.50. The smallest absolute Gasteiger partial charge is 0.265 e. The molecule has 9 heteroatoms. The lowest BCUT2D eigenvalue weighted by Crippen LogP contribution is -2.52. The van der Waals surface area contributed by atoms with Gasteiger partial charge in [-0.15, -0.1) is 0 Å². The minimum Gasteiger partial charge on any atom is -0.350 e. The van der Waals surface area contributed by atoms with Crippen molar-refractivity contribution in [3.8, 4) is 0 Å². The molecule has 196 valence electrons. The zero-order chi connectivity index (χ0) is 27.0. The fraction of sp³-hybridized carbons (Fsp3) is 0.357. The van der Waals surface area contributed by atoms with Crippen molar-refractivity contribution in [2.24, 2.45) is 0 Å². The Kier molecular flexibility index (Phi) is 7.28. The van der Waals surface area contributed by atoms with Crippen LogP contribution >= 0.6 is 0 Å². The van der Waals surface area contributed by atoms with Crippen LogP contribution in [0.3, 0.4) is 0 Å². The van der Waals surface area contributed by atoms with Crippen LogP contribution in [0.2, 0.25) is 0 Å². The van der Waals surface area contributed by atoms with Crippen molar-refractivity contribution in [3.63, 3.8) is 0 Å². The van der Waals surface area contributed by atoms with Crippen molar-refractivity contribution in [2.45, 2.75) is 63.6 Å². The Hall–Kier alpha value is -3.46. The van der Waals surface area contributed by atoms with Gasteiger partial charge in [-0.1, -0.05) is 36.4 Å². The van der Waals surface area contributed by atoms with Crippen molar-refractivity contribution in [1.82, 2.24) is 10.2 Å². The molecular formula is C28H32FN3O4S. The molecule has 0 unspecified atom stereocenters. The fourth-order valence-electron chi connectivity index (χ4n) is 4.56. The number of amides is 2. The summed E-state index contributed by atoms with van der Waals surface area (Å²) in [6.45, 7) is 7.50. The SMILES string of the molecule is C[C@@H](C(=O)NC(C)(C)C)N(Cc1ccc(F)cc1)C(=O)CCCN1c2cccc3cccc(c23)S1(=O)=O. The molecule has 1 atom stereocenters. The summed E-state index contributed by atoms with van der Waals surface area (Å²) in [6.07, 6.45) is 0.322. The second-order valence-electron chi connectivity index (χ2n) is 10.4. The van der Waals surface area contributed by atoms with Gasteiger partial charge in [-0.2, -0.15) is 0 Å². The Bertz CT molecular complexity index is 1430. The molecule has 3 aromatic rings. The van der Waals surface area contributed by atoms with Gasteiger partial charge in [0, 0.05) is 30.4 Å². The molecule has 0 fully saturated rings. The predicted molar refractivity (Wildman–Crippen MR) is 142 cm³/mol. The van der Waals surface area contributed by atoms with Crippen LogP contribution in [0.1, 0.15) is 46.1 Å². The molecule has 2 amide bonds. The molecule has 0 bridgehead atoms. The van der Waals surface area contributed by atoms with Gasteiger partial charge in [-0.25, -0.2) is 12.8 Å². The maximum Gasteiger partial charge on any atom is 0.265 e. The average molecular weight is 526 g/mol. The number of rotatable bonds is 8. The highest BCUT2D eigenvalue weighted by Crippen LogP contribution is 2.42. The lowest BCUT2D eigenvalue weighted by molar-refractivity contribution is -0.141. The Labute approximate surface area is 217 Å². The summed E-state index contributed by atoms with van der Waals surface area (Å²) in [7, 11) is -3.71. The zero-order valence-corrected chi connectivity index (χ0v) is 22.3. The molecule has 4 rings (SSSR count). The molecule has 0 radical (unpaired) electrons. The third-order valence-electron chi connectivity index (χ3n) is 6.36. The first kappa shape index (κ1) is 26.6. The Morgan fingerprint density at radius 1 is 1.03 bits per heavy atom. The summed E-state index contributed by atoms with van der Waals surface area (Å²) in [6, 6.07) is 15.7. The zero-order valence-electron chi connectivity index (χ0n) is 21.5. The third kappa shape index (κ3) is 5.61. The van der Waals surface area contributed by atoms with Gasteiger partial charge in [-0.05, 0) is 69.3 Å². The molecule has 7 nitrogen and oxygen atoms in total. The summed E-state index contributed by atoms with van der Waals surface area (Å²) in [4.78, 5) is 28.0. The van der Waals surface area contributed by atoms with E-state index in [4.69, 9.17) is 0 Å². The summed E-state index contributed by atoms with van der Waals surface area (Å²) in [5, 5.41) is 4.45. The van der Waals surface area contributed by atoms with Gasteiger partial charge in [0.25, 0.3) is 10.0 Å². The molecule has 1 N–H and O–H groups in total. The van der Waals surface area contributed by atoms with Crippen LogP contribution in [0.4, 0.5) is 10.1 Å². The summed E-state index contributed by atoms with van der Waals surface area (Å²) < 4.78 is 41.2. The monoisotopic (exact) mass is 525 g/mol. The van der Waals surface area contributed by atoms with Crippen molar-refractivity contribution >= 4 is 38.3 Å². The first-order chi connectivity index (χ1) is 17.4. The van der Waals surface area contributed by atoms with Crippen molar-refractivity contribution in [2.75, 3.05) is 10.8 Å². The highest BCUT2D eigenvalue weighted by Gasteiger charge is 2.35. The molecule has 1 aliphatic rings. The number of hydrogen-bond donors (Lipinski definition) is 1. The largest absolute Gasteiger partial charge is 0.350 e. The van der Waals surface area contributed by atoms with E-state index in [1.807, 2.05) is 39.0 Å². The van der Waals surface area contributed by atoms with Gasteiger partial charge in [0.1, 0.15) is 11.9 Å². The number of anilines is 1. The maximum atomic E-state index is 13.4. The van der Waals surface area contributed by atoms with Crippen molar-refractivity contribution in [3.05, 3.63) is 72.0 Å². The van der Waals surface area contributed by atoms with Crippen LogP contribution in [0.15, 0.2) is 65.6 Å². The van der Waals surface area contributed by atoms with Crippen LogP contribution in [0, 0.1) is 5.82 Å². The topological polar surface area (TPSA) is 86.8 Å². The molecule has 37 heavy (non-hydrogen) atoms. The molecule has 3 aromatic carbocycles. The number of carbonyl (C=O) groups is 2.